The number of hydrogen-bond acceptors (Lipinski definition) is 4. The lowest BCUT2D eigenvalue weighted by molar-refractivity contribution is -0.272. The molecule has 0 amide bonds. The van der Waals surface area contributed by atoms with Crippen LogP contribution in [0.5, 0.6) is 0 Å². The fraction of sp³-hybridized carbons (Fsp3) is 0.889. The number of rotatable bonds is 0. The normalized spacial score (nSPS) is 58.4. The second kappa shape index (κ2) is 6.67. The van der Waals surface area contributed by atoms with Gasteiger partial charge in [-0.25, -0.2) is 0 Å². The molecule has 0 unspecified atom stereocenters. The molecule has 31 heavy (non-hydrogen) atoms. The molecule has 2 heterocycles. The number of carbonyl (C=O) groups is 1. The van der Waals surface area contributed by atoms with Crippen LogP contribution in [0.4, 0.5) is 0 Å². The summed E-state index contributed by atoms with van der Waals surface area (Å²) in [6.45, 7) is 10.3. The number of ketones is 1. The van der Waals surface area contributed by atoms with E-state index < -0.39 is 0 Å². The summed E-state index contributed by atoms with van der Waals surface area (Å²) in [6.07, 6.45) is 10.0. The summed E-state index contributed by atoms with van der Waals surface area (Å²) >= 11 is 0. The molecule has 0 radical (unpaired) electrons. The Morgan fingerprint density at radius 2 is 1.87 bits per heavy atom. The summed E-state index contributed by atoms with van der Waals surface area (Å²) in [6, 6.07) is 0. The molecule has 2 aliphatic heterocycles. The molecule has 11 atom stereocenters. The first-order valence-electron chi connectivity index (χ1n) is 12.9. The Labute approximate surface area is 187 Å². The first-order chi connectivity index (χ1) is 14.7. The van der Waals surface area contributed by atoms with Crippen LogP contribution in [0, 0.1) is 46.3 Å². The quantitative estimate of drug-likeness (QED) is 0.597. The predicted octanol–water partition coefficient (Wildman–Crippen LogP) is 4.89. The second-order valence-corrected chi connectivity index (χ2v) is 12.6. The highest BCUT2D eigenvalue weighted by Crippen LogP contribution is 2.70. The lowest BCUT2D eigenvalue weighted by Crippen LogP contribution is -2.54. The summed E-state index contributed by atoms with van der Waals surface area (Å²) < 4.78 is 13.2. The molecule has 6 aliphatic rings. The third-order valence-electron chi connectivity index (χ3n) is 11.2. The highest BCUT2D eigenvalue weighted by molar-refractivity contribution is 5.94. The molecule has 0 bridgehead atoms. The Balaban J connectivity index is 1.32. The zero-order chi connectivity index (χ0) is 21.8. The third-order valence-corrected chi connectivity index (χ3v) is 11.2. The van der Waals surface area contributed by atoms with E-state index in [1.165, 1.54) is 18.4 Å². The van der Waals surface area contributed by atoms with Crippen LogP contribution in [0.25, 0.3) is 0 Å². The van der Waals surface area contributed by atoms with E-state index in [1.54, 1.807) is 0 Å². The number of hydrogen-bond donors (Lipinski definition) is 1. The van der Waals surface area contributed by atoms with E-state index in [0.717, 1.165) is 38.7 Å². The monoisotopic (exact) mass is 428 g/mol. The molecule has 172 valence electrons. The van der Waals surface area contributed by atoms with Crippen molar-refractivity contribution in [1.82, 2.24) is 0 Å². The molecule has 1 spiro atoms. The number of allylic oxidation sites excluding steroid dienone is 1. The van der Waals surface area contributed by atoms with Gasteiger partial charge in [0.15, 0.2) is 11.6 Å². The Morgan fingerprint density at radius 1 is 1.06 bits per heavy atom. The lowest BCUT2D eigenvalue weighted by atomic mass is 9.46. The van der Waals surface area contributed by atoms with E-state index in [2.05, 4.69) is 27.7 Å². The number of aliphatic hydroxyl groups excluding tert-OH is 1. The molecule has 5 fully saturated rings. The van der Waals surface area contributed by atoms with Crippen molar-refractivity contribution in [2.75, 3.05) is 6.61 Å². The summed E-state index contributed by atoms with van der Waals surface area (Å²) in [7, 11) is 0. The lowest BCUT2D eigenvalue weighted by Gasteiger charge is -2.57. The molecule has 0 aromatic carbocycles. The summed E-state index contributed by atoms with van der Waals surface area (Å²) in [5.41, 5.74) is 1.48. The highest BCUT2D eigenvalue weighted by Gasteiger charge is 2.69. The molecule has 3 saturated carbocycles. The van der Waals surface area contributed by atoms with Crippen molar-refractivity contribution in [3.8, 4) is 0 Å². The minimum absolute atomic E-state index is 0.0904. The van der Waals surface area contributed by atoms with Crippen LogP contribution in [0.1, 0.15) is 79.1 Å². The van der Waals surface area contributed by atoms with E-state index in [0.29, 0.717) is 41.8 Å². The number of aliphatic hydroxyl groups is 1. The standard InChI is InChI=1S/C27H40O4/c1-15-5-10-27(30-14-15)16(2)24-22(31-27)13-20-23-19(7-9-26(20,24)4)25(3)8-6-18(28)11-17(25)12-21(23)29/h12,15-16,18-20,22-24,28H,5-11,13-14H2,1-4H3/t15-,16-,18-,19+,20+,22+,23+,24-,25-,26-,27+/m0/s1. The average molecular weight is 429 g/mol. The van der Waals surface area contributed by atoms with Gasteiger partial charge in [-0.2, -0.15) is 0 Å². The number of ether oxygens (including phenoxy) is 2. The van der Waals surface area contributed by atoms with E-state index in [9.17, 15) is 9.90 Å². The molecule has 0 aromatic heterocycles. The van der Waals surface area contributed by atoms with Crippen LogP contribution in [-0.4, -0.2) is 35.5 Å². The first-order valence-corrected chi connectivity index (χ1v) is 12.9. The number of fused-ring (bicyclic) bond motifs is 7. The van der Waals surface area contributed by atoms with Gasteiger partial charge in [0.1, 0.15) is 0 Å². The molecule has 2 saturated heterocycles. The zero-order valence-corrected chi connectivity index (χ0v) is 19.7. The molecular weight excluding hydrogens is 388 g/mol. The maximum absolute atomic E-state index is 13.5. The topological polar surface area (TPSA) is 55.8 Å². The summed E-state index contributed by atoms with van der Waals surface area (Å²) in [4.78, 5) is 13.5. The van der Waals surface area contributed by atoms with Crippen molar-refractivity contribution in [3.05, 3.63) is 11.6 Å². The van der Waals surface area contributed by atoms with Crippen molar-refractivity contribution >= 4 is 5.78 Å². The predicted molar refractivity (Wildman–Crippen MR) is 118 cm³/mol. The van der Waals surface area contributed by atoms with E-state index in [1.807, 2.05) is 6.08 Å². The fourth-order valence-corrected chi connectivity index (χ4v) is 9.41. The van der Waals surface area contributed by atoms with Gasteiger partial charge in [0.25, 0.3) is 0 Å². The van der Waals surface area contributed by atoms with E-state index in [-0.39, 0.29) is 34.7 Å². The maximum atomic E-state index is 13.5. The van der Waals surface area contributed by atoms with Gasteiger partial charge < -0.3 is 14.6 Å². The van der Waals surface area contributed by atoms with Crippen LogP contribution in [-0.2, 0) is 14.3 Å². The fourth-order valence-electron chi connectivity index (χ4n) is 9.41. The van der Waals surface area contributed by atoms with Crippen molar-refractivity contribution in [3.63, 3.8) is 0 Å². The van der Waals surface area contributed by atoms with Crippen LogP contribution in [0.15, 0.2) is 11.6 Å². The van der Waals surface area contributed by atoms with Gasteiger partial charge >= 0.3 is 0 Å². The van der Waals surface area contributed by atoms with E-state index in [4.69, 9.17) is 9.47 Å². The van der Waals surface area contributed by atoms with E-state index >= 15 is 0 Å². The molecular formula is C27H40O4. The van der Waals surface area contributed by atoms with Gasteiger partial charge in [-0.15, -0.1) is 0 Å². The minimum Gasteiger partial charge on any atom is -0.393 e. The van der Waals surface area contributed by atoms with Crippen molar-refractivity contribution < 1.29 is 19.4 Å². The van der Waals surface area contributed by atoms with Crippen molar-refractivity contribution in [2.45, 2.75) is 97.1 Å². The third kappa shape index (κ3) is 2.68. The summed E-state index contributed by atoms with van der Waals surface area (Å²) in [5, 5.41) is 10.2. The van der Waals surface area contributed by atoms with Crippen LogP contribution < -0.4 is 0 Å². The Kier molecular flexibility index (Phi) is 4.49. The van der Waals surface area contributed by atoms with Gasteiger partial charge in [0, 0.05) is 18.3 Å². The van der Waals surface area contributed by atoms with Gasteiger partial charge in [-0.05, 0) is 85.5 Å². The van der Waals surface area contributed by atoms with Crippen molar-refractivity contribution in [2.24, 2.45) is 46.3 Å². The Morgan fingerprint density at radius 3 is 2.61 bits per heavy atom. The second-order valence-electron chi connectivity index (χ2n) is 12.6. The van der Waals surface area contributed by atoms with Crippen molar-refractivity contribution in [1.29, 1.82) is 0 Å². The molecule has 4 aliphatic carbocycles. The van der Waals surface area contributed by atoms with Gasteiger partial charge in [0.2, 0.25) is 0 Å². The van der Waals surface area contributed by atoms with Crippen LogP contribution in [0.2, 0.25) is 0 Å². The number of carbonyl (C=O) groups excluding carboxylic acids is 1. The Hall–Kier alpha value is -0.710. The minimum atomic E-state index is -0.387. The molecule has 1 N–H and O–H groups in total. The van der Waals surface area contributed by atoms with Gasteiger partial charge in [-0.3, -0.25) is 4.79 Å². The molecule has 4 nitrogen and oxygen atoms in total. The smallest absolute Gasteiger partial charge is 0.171 e. The molecule has 4 heteroatoms. The highest BCUT2D eigenvalue weighted by atomic mass is 16.7. The average Bonchev–Trinajstić information content (AvgIpc) is 3.16. The molecule has 0 aromatic rings. The van der Waals surface area contributed by atoms with Crippen LogP contribution >= 0.6 is 0 Å². The van der Waals surface area contributed by atoms with Gasteiger partial charge in [0.05, 0.1) is 18.8 Å². The molecule has 6 rings (SSSR count). The largest absolute Gasteiger partial charge is 0.393 e. The van der Waals surface area contributed by atoms with Crippen LogP contribution in [0.3, 0.4) is 0 Å². The SMILES string of the molecule is C[C@H]1CC[C@@]2(OC1)O[C@@H]1C[C@@H]3[C@@H]4C(=O)C=C5C[C@@H](O)CC[C@]5(C)[C@@H]4CC[C@]3(C)[C@H]1[C@@H]2C. The Bertz CT molecular complexity index is 810. The first kappa shape index (κ1) is 20.9. The zero-order valence-electron chi connectivity index (χ0n) is 19.7. The van der Waals surface area contributed by atoms with Gasteiger partial charge in [-0.1, -0.05) is 33.3 Å². The summed E-state index contributed by atoms with van der Waals surface area (Å²) in [5.74, 6) is 2.43. The maximum Gasteiger partial charge on any atom is 0.171 e.